The number of unbranched alkanes of at least 4 members (excludes halogenated alkanes) is 7. The van der Waals surface area contributed by atoms with Gasteiger partial charge in [0.25, 0.3) is 0 Å². The maximum atomic E-state index is 8.23. The van der Waals surface area contributed by atoms with E-state index < -0.39 is 0 Å². The van der Waals surface area contributed by atoms with Gasteiger partial charge in [-0.25, -0.2) is 0 Å². The van der Waals surface area contributed by atoms with Crippen LogP contribution in [0.15, 0.2) is 6.08 Å². The van der Waals surface area contributed by atoms with Crippen molar-refractivity contribution in [1.29, 1.82) is 0 Å². The van der Waals surface area contributed by atoms with E-state index in [4.69, 9.17) is 5.11 Å². The zero-order valence-corrected chi connectivity index (χ0v) is 8.18. The summed E-state index contributed by atoms with van der Waals surface area (Å²) < 4.78 is 0. The van der Waals surface area contributed by atoms with Crippen LogP contribution < -0.4 is 0 Å². The molecule has 0 heterocycles. The minimum absolute atomic E-state index is 0.976. The van der Waals surface area contributed by atoms with Gasteiger partial charge < -0.3 is 5.11 Å². The van der Waals surface area contributed by atoms with E-state index in [2.05, 4.69) is 13.2 Å². The van der Waals surface area contributed by atoms with E-state index in [0.29, 0.717) is 0 Å². The average molecular weight is 169 g/mol. The Labute approximate surface area is 76.5 Å². The third kappa shape index (κ3) is 9.54. The van der Waals surface area contributed by atoms with Crippen molar-refractivity contribution in [3.05, 3.63) is 12.3 Å². The number of aliphatic hydroxyl groups is 1. The summed E-state index contributed by atoms with van der Waals surface area (Å²) in [6, 6.07) is 0. The molecular formula is C11H21O. The normalized spacial score (nSPS) is 11.1. The first-order chi connectivity index (χ1) is 5.91. The molecule has 0 aromatic rings. The summed E-state index contributed by atoms with van der Waals surface area (Å²) in [6.45, 7) is 2.24. The highest BCUT2D eigenvalue weighted by molar-refractivity contribution is 4.65. The lowest BCUT2D eigenvalue weighted by atomic mass is 10.1. The molecule has 0 bridgehead atoms. The van der Waals surface area contributed by atoms with Gasteiger partial charge in [-0.1, -0.05) is 45.4 Å². The molecule has 0 amide bonds. The van der Waals surface area contributed by atoms with Crippen LogP contribution in [0, 0.1) is 6.26 Å². The highest BCUT2D eigenvalue weighted by atomic mass is 16.2. The summed E-state index contributed by atoms with van der Waals surface area (Å²) >= 11 is 0. The molecule has 0 saturated carbocycles. The van der Waals surface area contributed by atoms with Crippen LogP contribution in [0.1, 0.15) is 58.3 Å². The van der Waals surface area contributed by atoms with E-state index in [0.717, 1.165) is 6.42 Å². The molecule has 1 heteroatoms. The Bertz CT molecular complexity index is 97.2. The molecule has 0 spiro atoms. The molecule has 71 valence electrons. The molecule has 1 N–H and O–H groups in total. The second kappa shape index (κ2) is 10.5. The van der Waals surface area contributed by atoms with Gasteiger partial charge >= 0.3 is 0 Å². The van der Waals surface area contributed by atoms with Crippen molar-refractivity contribution in [3.63, 3.8) is 0 Å². The molecule has 0 aromatic carbocycles. The van der Waals surface area contributed by atoms with Gasteiger partial charge in [-0.3, -0.25) is 0 Å². The number of aliphatic hydroxyl groups excluding tert-OH is 1. The quantitative estimate of drug-likeness (QED) is 0.430. The minimum atomic E-state index is 0.976. The first-order valence-corrected chi connectivity index (χ1v) is 5.13. The van der Waals surface area contributed by atoms with Gasteiger partial charge in [0.1, 0.15) is 0 Å². The molecular weight excluding hydrogens is 148 g/mol. The molecule has 0 fully saturated rings. The SMILES string of the molecule is CCCCCCCCC/C=[C]\O. The summed E-state index contributed by atoms with van der Waals surface area (Å²) in [5.74, 6) is 0. The molecule has 0 atom stereocenters. The van der Waals surface area contributed by atoms with Gasteiger partial charge in [-0.05, 0) is 18.9 Å². The van der Waals surface area contributed by atoms with Crippen LogP contribution in [0.3, 0.4) is 0 Å². The largest absolute Gasteiger partial charge is 0.504 e. The Kier molecular flexibility index (Phi) is 10.1. The lowest BCUT2D eigenvalue weighted by molar-refractivity contribution is 0.438. The van der Waals surface area contributed by atoms with Crippen LogP contribution in [-0.4, -0.2) is 5.11 Å². The van der Waals surface area contributed by atoms with Crippen LogP contribution in [0.5, 0.6) is 0 Å². The Hall–Kier alpha value is -0.460. The summed E-state index contributed by atoms with van der Waals surface area (Å²) in [7, 11) is 0. The molecule has 0 rings (SSSR count). The van der Waals surface area contributed by atoms with Crippen LogP contribution in [0.25, 0.3) is 0 Å². The fraction of sp³-hybridized carbons (Fsp3) is 0.818. The van der Waals surface area contributed by atoms with Crippen LogP contribution >= 0.6 is 0 Å². The summed E-state index contributed by atoms with van der Waals surface area (Å²) in [5, 5.41) is 8.23. The first kappa shape index (κ1) is 11.5. The highest BCUT2D eigenvalue weighted by Gasteiger charge is 1.88. The van der Waals surface area contributed by atoms with E-state index in [1.807, 2.05) is 0 Å². The van der Waals surface area contributed by atoms with E-state index in [-0.39, 0.29) is 0 Å². The maximum Gasteiger partial charge on any atom is 0.152 e. The number of allylic oxidation sites excluding steroid dienone is 1. The predicted molar refractivity (Wildman–Crippen MR) is 53.1 cm³/mol. The molecule has 1 nitrogen and oxygen atoms in total. The Morgan fingerprint density at radius 1 is 1.00 bits per heavy atom. The van der Waals surface area contributed by atoms with Gasteiger partial charge in [-0.15, -0.1) is 0 Å². The van der Waals surface area contributed by atoms with E-state index in [1.165, 1.54) is 44.9 Å². The molecule has 0 saturated heterocycles. The number of hydrogen-bond acceptors (Lipinski definition) is 1. The Balaban J connectivity index is 2.81. The molecule has 0 aliphatic rings. The predicted octanol–water partition coefficient (Wildman–Crippen LogP) is 4.00. The fourth-order valence-corrected chi connectivity index (χ4v) is 1.27. The first-order valence-electron chi connectivity index (χ1n) is 5.13. The molecule has 0 unspecified atom stereocenters. The summed E-state index contributed by atoms with van der Waals surface area (Å²) in [4.78, 5) is 0. The summed E-state index contributed by atoms with van der Waals surface area (Å²) in [5.41, 5.74) is 0. The van der Waals surface area contributed by atoms with Crippen LogP contribution in [0.2, 0.25) is 0 Å². The second-order valence-corrected chi connectivity index (χ2v) is 3.24. The lowest BCUT2D eigenvalue weighted by Gasteiger charge is -1.98. The van der Waals surface area contributed by atoms with Crippen molar-refractivity contribution >= 4 is 0 Å². The van der Waals surface area contributed by atoms with Gasteiger partial charge in [0.2, 0.25) is 0 Å². The lowest BCUT2D eigenvalue weighted by Crippen LogP contribution is -1.78. The van der Waals surface area contributed by atoms with Crippen molar-refractivity contribution in [2.24, 2.45) is 0 Å². The van der Waals surface area contributed by atoms with Crippen molar-refractivity contribution in [1.82, 2.24) is 0 Å². The van der Waals surface area contributed by atoms with E-state index in [9.17, 15) is 0 Å². The van der Waals surface area contributed by atoms with Gasteiger partial charge in [0.15, 0.2) is 6.26 Å². The monoisotopic (exact) mass is 169 g/mol. The number of hydrogen-bond donors (Lipinski definition) is 1. The second-order valence-electron chi connectivity index (χ2n) is 3.24. The minimum Gasteiger partial charge on any atom is -0.504 e. The smallest absolute Gasteiger partial charge is 0.152 e. The average Bonchev–Trinajstić information content (AvgIpc) is 2.10. The van der Waals surface area contributed by atoms with Crippen LogP contribution in [-0.2, 0) is 0 Å². The van der Waals surface area contributed by atoms with Crippen molar-refractivity contribution < 1.29 is 5.11 Å². The van der Waals surface area contributed by atoms with Crippen molar-refractivity contribution in [3.8, 4) is 0 Å². The molecule has 0 aliphatic heterocycles. The third-order valence-electron chi connectivity index (χ3n) is 2.04. The van der Waals surface area contributed by atoms with Gasteiger partial charge in [0, 0.05) is 0 Å². The highest BCUT2D eigenvalue weighted by Crippen LogP contribution is 2.08. The molecule has 0 aromatic heterocycles. The molecule has 0 aliphatic carbocycles. The van der Waals surface area contributed by atoms with Crippen molar-refractivity contribution in [2.75, 3.05) is 0 Å². The number of rotatable bonds is 8. The fourth-order valence-electron chi connectivity index (χ4n) is 1.27. The van der Waals surface area contributed by atoms with Crippen LogP contribution in [0.4, 0.5) is 0 Å². The van der Waals surface area contributed by atoms with E-state index in [1.54, 1.807) is 6.08 Å². The van der Waals surface area contributed by atoms with Crippen molar-refractivity contribution in [2.45, 2.75) is 58.3 Å². The van der Waals surface area contributed by atoms with Gasteiger partial charge in [-0.2, -0.15) is 0 Å². The molecule has 12 heavy (non-hydrogen) atoms. The van der Waals surface area contributed by atoms with Gasteiger partial charge in [0.05, 0.1) is 0 Å². The zero-order chi connectivity index (χ0) is 9.07. The Morgan fingerprint density at radius 3 is 2.17 bits per heavy atom. The summed E-state index contributed by atoms with van der Waals surface area (Å²) in [6.07, 6.45) is 14.0. The maximum absolute atomic E-state index is 8.23. The Morgan fingerprint density at radius 2 is 1.58 bits per heavy atom. The third-order valence-corrected chi connectivity index (χ3v) is 2.04. The zero-order valence-electron chi connectivity index (χ0n) is 8.18. The standard InChI is InChI=1S/C11H21O/c1-2-3-4-5-6-7-8-9-10-11-12/h10,12H,2-9H2,1H3. The van der Waals surface area contributed by atoms with E-state index >= 15 is 0 Å². The molecule has 1 radical (unpaired) electrons. The topological polar surface area (TPSA) is 20.2 Å².